The van der Waals surface area contributed by atoms with Gasteiger partial charge >= 0.3 is 12.1 Å². The van der Waals surface area contributed by atoms with Gasteiger partial charge in [0.05, 0.1) is 25.8 Å². The van der Waals surface area contributed by atoms with Crippen LogP contribution in [-0.2, 0) is 25.6 Å². The Bertz CT molecular complexity index is 1430. The van der Waals surface area contributed by atoms with Gasteiger partial charge in [-0.25, -0.2) is 14.8 Å². The lowest BCUT2D eigenvalue weighted by atomic mass is 10.0. The Kier molecular flexibility index (Phi) is 11.3. The molecule has 13 heteroatoms. The second-order valence-corrected chi connectivity index (χ2v) is 10.1. The van der Waals surface area contributed by atoms with Gasteiger partial charge in [0.25, 0.3) is 5.91 Å². The molecule has 3 aromatic rings. The highest BCUT2D eigenvalue weighted by Crippen LogP contribution is 2.21. The second kappa shape index (κ2) is 15.5. The number of amides is 2. The van der Waals surface area contributed by atoms with Crippen LogP contribution in [0.2, 0.25) is 0 Å². The Morgan fingerprint density at radius 3 is 2.25 bits per heavy atom. The Morgan fingerprint density at radius 1 is 0.955 bits per heavy atom. The molecule has 13 nitrogen and oxygen atoms in total. The summed E-state index contributed by atoms with van der Waals surface area (Å²) in [6, 6.07) is 18.4. The predicted molar refractivity (Wildman–Crippen MR) is 157 cm³/mol. The summed E-state index contributed by atoms with van der Waals surface area (Å²) in [4.78, 5) is 65.6. The van der Waals surface area contributed by atoms with E-state index in [-0.39, 0.29) is 63.6 Å². The molecule has 2 atom stereocenters. The van der Waals surface area contributed by atoms with Gasteiger partial charge in [-0.15, -0.1) is 5.06 Å². The van der Waals surface area contributed by atoms with E-state index in [4.69, 9.17) is 9.57 Å². The number of nitrogens with zero attached hydrogens (tertiary/aromatic N) is 4. The van der Waals surface area contributed by atoms with Crippen molar-refractivity contribution in [1.82, 2.24) is 25.2 Å². The topological polar surface area (TPSA) is 171 Å². The van der Waals surface area contributed by atoms with Crippen molar-refractivity contribution >= 4 is 23.9 Å². The summed E-state index contributed by atoms with van der Waals surface area (Å²) in [5.41, 5.74) is 1.71. The van der Waals surface area contributed by atoms with Crippen molar-refractivity contribution in [3.05, 3.63) is 83.7 Å². The average molecular weight is 606 g/mol. The minimum absolute atomic E-state index is 0.0325. The van der Waals surface area contributed by atoms with E-state index in [0.717, 1.165) is 0 Å². The van der Waals surface area contributed by atoms with Crippen molar-refractivity contribution in [2.24, 2.45) is 0 Å². The van der Waals surface area contributed by atoms with Crippen LogP contribution in [0.15, 0.2) is 66.7 Å². The third-order valence-corrected chi connectivity index (χ3v) is 6.90. The first kappa shape index (κ1) is 32.0. The molecule has 0 radical (unpaired) electrons. The molecule has 4 rings (SSSR count). The van der Waals surface area contributed by atoms with Crippen LogP contribution in [0.3, 0.4) is 0 Å². The molecule has 2 amide bonds. The molecule has 2 heterocycles. The molecule has 1 aliphatic heterocycles. The highest BCUT2D eigenvalue weighted by Gasteiger charge is 2.31. The number of carboxylic acid groups (broad SMARTS) is 1. The van der Waals surface area contributed by atoms with E-state index in [9.17, 15) is 29.4 Å². The molecule has 0 spiro atoms. The maximum Gasteiger partial charge on any atom is 0.527 e. The molecule has 0 saturated carbocycles. The van der Waals surface area contributed by atoms with Crippen LogP contribution in [0.25, 0.3) is 11.4 Å². The maximum atomic E-state index is 13.6. The van der Waals surface area contributed by atoms with Crippen LogP contribution >= 0.6 is 0 Å². The lowest BCUT2D eigenvalue weighted by Crippen LogP contribution is -2.55. The highest BCUT2D eigenvalue weighted by molar-refractivity contribution is 5.96. The summed E-state index contributed by atoms with van der Waals surface area (Å²) in [6.07, 6.45) is -2.12. The molecule has 1 aliphatic rings. The minimum Gasteiger partial charge on any atom is -0.481 e. The monoisotopic (exact) mass is 605 g/mol. The van der Waals surface area contributed by atoms with E-state index in [1.807, 2.05) is 36.4 Å². The zero-order valence-electron chi connectivity index (χ0n) is 24.3. The fourth-order valence-corrected chi connectivity index (χ4v) is 4.65. The summed E-state index contributed by atoms with van der Waals surface area (Å²) >= 11 is 0. The van der Waals surface area contributed by atoms with Crippen molar-refractivity contribution in [2.75, 3.05) is 32.8 Å². The van der Waals surface area contributed by atoms with Gasteiger partial charge in [0.2, 0.25) is 5.91 Å². The molecule has 3 N–H and O–H groups in total. The van der Waals surface area contributed by atoms with Gasteiger partial charge in [0, 0.05) is 37.2 Å². The van der Waals surface area contributed by atoms with Crippen LogP contribution in [0.4, 0.5) is 4.79 Å². The third kappa shape index (κ3) is 9.06. The van der Waals surface area contributed by atoms with Crippen LogP contribution in [0.5, 0.6) is 0 Å². The molecule has 1 unspecified atom stereocenters. The number of rotatable bonds is 12. The van der Waals surface area contributed by atoms with Gasteiger partial charge in [-0.05, 0) is 25.0 Å². The summed E-state index contributed by atoms with van der Waals surface area (Å²) in [5.74, 6) is -2.00. The normalized spacial score (nSPS) is 14.7. The summed E-state index contributed by atoms with van der Waals surface area (Å²) < 4.78 is 4.78. The number of carbonyl (C=O) groups is 4. The number of hydroxylamine groups is 2. The Hall–Kier alpha value is -4.88. The van der Waals surface area contributed by atoms with E-state index < -0.39 is 36.1 Å². The smallest absolute Gasteiger partial charge is 0.481 e. The third-order valence-electron chi connectivity index (χ3n) is 6.90. The van der Waals surface area contributed by atoms with E-state index in [2.05, 4.69) is 15.3 Å². The molecule has 0 aliphatic carbocycles. The van der Waals surface area contributed by atoms with Crippen molar-refractivity contribution in [3.8, 4) is 11.4 Å². The molecule has 0 bridgehead atoms. The number of ether oxygens (including phenoxy) is 1. The molecular weight excluding hydrogens is 570 g/mol. The number of aliphatic hydroxyl groups is 1. The first-order valence-electron chi connectivity index (χ1n) is 14.3. The van der Waals surface area contributed by atoms with Crippen LogP contribution in [0, 0.1) is 0 Å². The average Bonchev–Trinajstić information content (AvgIpc) is 3.03. The zero-order valence-corrected chi connectivity index (χ0v) is 24.3. The molecule has 2 aromatic carbocycles. The molecule has 1 fully saturated rings. The van der Waals surface area contributed by atoms with Crippen LogP contribution in [0.1, 0.15) is 47.6 Å². The standard InChI is InChI=1S/C31H35N5O8/c1-2-43-31(42)44-36-17-15-35(16-18-36)30(41)24(13-14-27(38)39)34-29(40)25-19-23(20-26(37)21-9-5-3-6-10-21)32-28(33-25)22-11-7-4-8-12-22/h3-12,19,24,26,37H,2,13-18,20H2,1H3,(H,34,40)(H,38,39)/t24?,26-/m0/s1. The number of hydrogen-bond acceptors (Lipinski definition) is 10. The summed E-state index contributed by atoms with van der Waals surface area (Å²) in [6.45, 7) is 2.61. The van der Waals surface area contributed by atoms with E-state index in [1.54, 1.807) is 31.2 Å². The number of aromatic nitrogens is 2. The minimum atomic E-state index is -1.15. The van der Waals surface area contributed by atoms with Crippen molar-refractivity contribution in [1.29, 1.82) is 0 Å². The number of piperazine rings is 1. The first-order valence-corrected chi connectivity index (χ1v) is 14.3. The van der Waals surface area contributed by atoms with E-state index >= 15 is 0 Å². The van der Waals surface area contributed by atoms with Crippen LogP contribution in [-0.4, -0.2) is 92.9 Å². The molecule has 1 saturated heterocycles. The van der Waals surface area contributed by atoms with Gasteiger partial charge in [-0.1, -0.05) is 60.7 Å². The summed E-state index contributed by atoms with van der Waals surface area (Å²) in [7, 11) is 0. The molecule has 44 heavy (non-hydrogen) atoms. The maximum absolute atomic E-state index is 13.6. The van der Waals surface area contributed by atoms with Gasteiger partial charge in [0.15, 0.2) is 5.82 Å². The Morgan fingerprint density at radius 2 is 1.61 bits per heavy atom. The van der Waals surface area contributed by atoms with E-state index in [0.29, 0.717) is 16.8 Å². The number of benzene rings is 2. The van der Waals surface area contributed by atoms with Gasteiger partial charge in [-0.3, -0.25) is 14.4 Å². The van der Waals surface area contributed by atoms with Gasteiger partial charge in [0.1, 0.15) is 11.7 Å². The quantitative estimate of drug-likeness (QED) is 0.259. The SMILES string of the molecule is CCOC(=O)ON1CCN(C(=O)C(CCC(=O)O)NC(=O)c2cc(C[C@H](O)c3ccccc3)nc(-c3ccccc3)n2)CC1. The highest BCUT2D eigenvalue weighted by atomic mass is 16.8. The predicted octanol–water partition coefficient (Wildman–Crippen LogP) is 2.62. The van der Waals surface area contributed by atoms with Gasteiger partial charge < -0.3 is 30.0 Å². The Balaban J connectivity index is 1.53. The fraction of sp³-hybridized carbons (Fsp3) is 0.355. The number of aliphatic carboxylic acids is 1. The number of hydrogen-bond donors (Lipinski definition) is 3. The lowest BCUT2D eigenvalue weighted by molar-refractivity contribution is -0.157. The second-order valence-electron chi connectivity index (χ2n) is 10.1. The van der Waals surface area contributed by atoms with Crippen LogP contribution < -0.4 is 5.32 Å². The Labute approximate surface area is 254 Å². The van der Waals surface area contributed by atoms with Crippen molar-refractivity contribution in [2.45, 2.75) is 38.3 Å². The van der Waals surface area contributed by atoms with Crippen molar-refractivity contribution in [3.63, 3.8) is 0 Å². The fourth-order valence-electron chi connectivity index (χ4n) is 4.65. The lowest BCUT2D eigenvalue weighted by Gasteiger charge is -2.35. The van der Waals surface area contributed by atoms with Crippen molar-refractivity contribution < 1.29 is 39.0 Å². The first-order chi connectivity index (χ1) is 21.2. The molecule has 232 valence electrons. The van der Waals surface area contributed by atoms with Gasteiger partial charge in [-0.2, -0.15) is 0 Å². The molecular formula is C31H35N5O8. The zero-order chi connectivity index (χ0) is 31.5. The van der Waals surface area contributed by atoms with E-state index in [1.165, 1.54) is 16.0 Å². The number of aliphatic hydroxyl groups excluding tert-OH is 1. The number of carboxylic acids is 1. The summed E-state index contributed by atoms with van der Waals surface area (Å²) in [5, 5.41) is 24.2. The largest absolute Gasteiger partial charge is 0.527 e. The number of carbonyl (C=O) groups excluding carboxylic acids is 3. The number of nitrogens with one attached hydrogen (secondary N) is 1. The molecule has 1 aromatic heterocycles.